The quantitative estimate of drug-likeness (QED) is 0.594. The predicted octanol–water partition coefficient (Wildman–Crippen LogP) is 5.37. The highest BCUT2D eigenvalue weighted by molar-refractivity contribution is 6.30. The summed E-state index contributed by atoms with van der Waals surface area (Å²) < 4.78 is 0. The molecule has 3 atom stereocenters. The van der Waals surface area contributed by atoms with Crippen LogP contribution in [0.5, 0.6) is 0 Å². The number of ketones is 1. The van der Waals surface area contributed by atoms with Gasteiger partial charge in [-0.15, -0.1) is 0 Å². The largest absolute Gasteiger partial charge is 0.378 e. The molecule has 1 N–H and O–H groups in total. The Kier molecular flexibility index (Phi) is 3.50. The van der Waals surface area contributed by atoms with Gasteiger partial charge in [0.25, 0.3) is 0 Å². The second kappa shape index (κ2) is 5.54. The predicted molar refractivity (Wildman–Crippen MR) is 94.3 cm³/mol. The van der Waals surface area contributed by atoms with Crippen LogP contribution in [0.4, 0.5) is 5.69 Å². The minimum absolute atomic E-state index is 0.117. The molecule has 0 radical (unpaired) electrons. The van der Waals surface area contributed by atoms with Gasteiger partial charge >= 0.3 is 0 Å². The number of carbonyl (C=O) groups is 1. The van der Waals surface area contributed by atoms with Gasteiger partial charge in [0.05, 0.1) is 6.04 Å². The molecule has 2 aromatic carbocycles. The van der Waals surface area contributed by atoms with Crippen LogP contribution in [0.15, 0.2) is 54.6 Å². The molecule has 0 saturated heterocycles. The summed E-state index contributed by atoms with van der Waals surface area (Å²) in [5.41, 5.74) is 4.41. The number of carbonyl (C=O) groups excluding carboxylic acids is 1. The monoisotopic (exact) mass is 323 g/mol. The molecule has 0 bridgehead atoms. The lowest BCUT2D eigenvalue weighted by Crippen LogP contribution is -2.29. The van der Waals surface area contributed by atoms with E-state index in [2.05, 4.69) is 35.7 Å². The molecule has 1 heterocycles. The van der Waals surface area contributed by atoms with Crippen molar-refractivity contribution >= 4 is 23.1 Å². The van der Waals surface area contributed by atoms with E-state index in [-0.39, 0.29) is 11.8 Å². The molecule has 0 aromatic heterocycles. The summed E-state index contributed by atoms with van der Waals surface area (Å²) >= 11 is 6.03. The van der Waals surface area contributed by atoms with Gasteiger partial charge in [-0.3, -0.25) is 4.79 Å². The van der Waals surface area contributed by atoms with Crippen LogP contribution in [0.25, 0.3) is 0 Å². The van der Waals surface area contributed by atoms with E-state index in [1.807, 2.05) is 24.3 Å². The van der Waals surface area contributed by atoms with Crippen LogP contribution in [0.3, 0.4) is 0 Å². The first-order valence-corrected chi connectivity index (χ1v) is 8.35. The van der Waals surface area contributed by atoms with Crippen molar-refractivity contribution < 1.29 is 4.79 Å². The average molecular weight is 324 g/mol. The lowest BCUT2D eigenvalue weighted by Gasteiger charge is -2.37. The molecule has 0 saturated carbocycles. The van der Waals surface area contributed by atoms with Crippen LogP contribution in [-0.2, 0) is 0 Å². The van der Waals surface area contributed by atoms with E-state index in [1.54, 1.807) is 6.92 Å². The third-order valence-corrected chi connectivity index (χ3v) is 5.25. The molecule has 0 amide bonds. The molecule has 23 heavy (non-hydrogen) atoms. The van der Waals surface area contributed by atoms with Crippen molar-refractivity contribution in [2.75, 3.05) is 5.32 Å². The van der Waals surface area contributed by atoms with Crippen molar-refractivity contribution in [2.24, 2.45) is 5.92 Å². The lowest BCUT2D eigenvalue weighted by atomic mass is 9.76. The standard InChI is InChI=1S/C20H18ClNO/c1-12(23)14-7-10-19-18(11-14)16-3-2-4-17(16)20(22-19)13-5-8-15(21)9-6-13/h2-3,5-11,16-17,20,22H,4H2,1H3/t16-,17-,20-/m1/s1. The summed E-state index contributed by atoms with van der Waals surface area (Å²) in [5, 5.41) is 4.44. The normalized spacial score (nSPS) is 24.7. The van der Waals surface area contributed by atoms with Gasteiger partial charge in [0.1, 0.15) is 0 Å². The number of anilines is 1. The Morgan fingerprint density at radius 2 is 1.96 bits per heavy atom. The van der Waals surface area contributed by atoms with Crippen LogP contribution in [0.2, 0.25) is 5.02 Å². The Balaban J connectivity index is 1.77. The van der Waals surface area contributed by atoms with E-state index in [0.717, 1.165) is 22.7 Å². The van der Waals surface area contributed by atoms with E-state index >= 15 is 0 Å². The number of Topliss-reactive ketones (excluding diaryl/α,β-unsaturated/α-hetero) is 1. The summed E-state index contributed by atoms with van der Waals surface area (Å²) in [6, 6.07) is 14.4. The third kappa shape index (κ3) is 2.47. The second-order valence-corrected chi connectivity index (χ2v) is 6.82. The van der Waals surface area contributed by atoms with E-state index in [1.165, 1.54) is 11.1 Å². The topological polar surface area (TPSA) is 29.1 Å². The number of hydrogen-bond acceptors (Lipinski definition) is 2. The lowest BCUT2D eigenvalue weighted by molar-refractivity contribution is 0.101. The smallest absolute Gasteiger partial charge is 0.159 e. The number of hydrogen-bond donors (Lipinski definition) is 1. The van der Waals surface area contributed by atoms with E-state index in [4.69, 9.17) is 11.6 Å². The Morgan fingerprint density at radius 1 is 1.17 bits per heavy atom. The number of benzene rings is 2. The SMILES string of the molecule is CC(=O)c1ccc2c(c1)[C@@H]1C=CC[C@H]1[C@@H](c1ccc(Cl)cc1)N2. The van der Waals surface area contributed by atoms with Crippen LogP contribution < -0.4 is 5.32 Å². The molecular formula is C20H18ClNO. The highest BCUT2D eigenvalue weighted by atomic mass is 35.5. The van der Waals surface area contributed by atoms with Gasteiger partial charge in [0.15, 0.2) is 5.78 Å². The maximum atomic E-state index is 11.7. The van der Waals surface area contributed by atoms with Crippen molar-refractivity contribution in [3.63, 3.8) is 0 Å². The number of rotatable bonds is 2. The molecule has 0 fully saturated rings. The van der Waals surface area contributed by atoms with Crippen molar-refractivity contribution in [2.45, 2.75) is 25.3 Å². The zero-order chi connectivity index (χ0) is 16.0. The van der Waals surface area contributed by atoms with E-state index in [0.29, 0.717) is 11.8 Å². The maximum absolute atomic E-state index is 11.7. The summed E-state index contributed by atoms with van der Waals surface area (Å²) in [6.45, 7) is 1.62. The van der Waals surface area contributed by atoms with E-state index in [9.17, 15) is 4.79 Å². The molecule has 1 aliphatic heterocycles. The van der Waals surface area contributed by atoms with Gasteiger partial charge in [-0.1, -0.05) is 35.9 Å². The highest BCUT2D eigenvalue weighted by Crippen LogP contribution is 2.49. The maximum Gasteiger partial charge on any atom is 0.159 e. The first-order chi connectivity index (χ1) is 11.1. The molecule has 4 rings (SSSR count). The van der Waals surface area contributed by atoms with Gasteiger partial charge in [-0.25, -0.2) is 0 Å². The summed E-state index contributed by atoms with van der Waals surface area (Å²) in [6.07, 6.45) is 5.60. The van der Waals surface area contributed by atoms with Gasteiger partial charge in [0.2, 0.25) is 0 Å². The molecule has 1 aliphatic carbocycles. The number of nitrogens with one attached hydrogen (secondary N) is 1. The third-order valence-electron chi connectivity index (χ3n) is 5.00. The molecule has 2 aromatic rings. The Hall–Kier alpha value is -2.06. The van der Waals surface area contributed by atoms with Crippen molar-refractivity contribution in [1.29, 1.82) is 0 Å². The Labute approximate surface area is 141 Å². The molecule has 3 heteroatoms. The van der Waals surface area contributed by atoms with Gasteiger partial charge in [0, 0.05) is 22.2 Å². The van der Waals surface area contributed by atoms with Gasteiger partial charge in [-0.05, 0) is 60.7 Å². The van der Waals surface area contributed by atoms with Gasteiger partial charge < -0.3 is 5.32 Å². The summed E-state index contributed by atoms with van der Waals surface area (Å²) in [4.78, 5) is 11.7. The minimum Gasteiger partial charge on any atom is -0.378 e. The molecule has 0 spiro atoms. The molecule has 0 unspecified atom stereocenters. The van der Waals surface area contributed by atoms with E-state index < -0.39 is 0 Å². The summed E-state index contributed by atoms with van der Waals surface area (Å²) in [5.74, 6) is 0.961. The Bertz CT molecular complexity index is 794. The molecule has 2 nitrogen and oxygen atoms in total. The summed E-state index contributed by atoms with van der Waals surface area (Å²) in [7, 11) is 0. The van der Waals surface area contributed by atoms with Crippen LogP contribution in [0.1, 0.15) is 46.8 Å². The number of allylic oxidation sites excluding steroid dienone is 2. The van der Waals surface area contributed by atoms with Crippen LogP contribution >= 0.6 is 11.6 Å². The average Bonchev–Trinajstić information content (AvgIpc) is 3.04. The zero-order valence-electron chi connectivity index (χ0n) is 12.9. The fraction of sp³-hybridized carbons (Fsp3) is 0.250. The number of fused-ring (bicyclic) bond motifs is 3. The number of halogens is 1. The van der Waals surface area contributed by atoms with Crippen molar-refractivity contribution in [3.8, 4) is 0 Å². The van der Waals surface area contributed by atoms with Gasteiger partial charge in [-0.2, -0.15) is 0 Å². The fourth-order valence-electron chi connectivity index (χ4n) is 3.81. The van der Waals surface area contributed by atoms with Crippen molar-refractivity contribution in [3.05, 3.63) is 76.3 Å². The molecule has 116 valence electrons. The van der Waals surface area contributed by atoms with Crippen LogP contribution in [0, 0.1) is 5.92 Å². The Morgan fingerprint density at radius 3 is 2.70 bits per heavy atom. The fourth-order valence-corrected chi connectivity index (χ4v) is 3.94. The molecule has 2 aliphatic rings. The van der Waals surface area contributed by atoms with Crippen LogP contribution in [-0.4, -0.2) is 5.78 Å². The van der Waals surface area contributed by atoms with Crippen molar-refractivity contribution in [1.82, 2.24) is 0 Å². The molecular weight excluding hydrogens is 306 g/mol. The first-order valence-electron chi connectivity index (χ1n) is 7.97. The zero-order valence-corrected chi connectivity index (χ0v) is 13.7. The first kappa shape index (κ1) is 14.5. The highest BCUT2D eigenvalue weighted by Gasteiger charge is 2.37. The minimum atomic E-state index is 0.117. The second-order valence-electron chi connectivity index (χ2n) is 6.39.